The molecule has 1 atom stereocenters. The summed E-state index contributed by atoms with van der Waals surface area (Å²) < 4.78 is 5.15. The van der Waals surface area contributed by atoms with E-state index in [-0.39, 0.29) is 12.6 Å². The molecule has 1 unspecified atom stereocenters. The van der Waals surface area contributed by atoms with E-state index in [2.05, 4.69) is 6.92 Å². The fourth-order valence-electron chi connectivity index (χ4n) is 3.17. The lowest BCUT2D eigenvalue weighted by Crippen LogP contribution is -2.51. The predicted molar refractivity (Wildman–Crippen MR) is 78.2 cm³/mol. The third-order valence-electron chi connectivity index (χ3n) is 4.51. The molecule has 2 rings (SSSR count). The molecule has 120 valence electrons. The molecule has 0 bridgehead atoms. The van der Waals surface area contributed by atoms with Crippen LogP contribution < -0.4 is 0 Å². The van der Waals surface area contributed by atoms with Crippen LogP contribution in [0.15, 0.2) is 0 Å². The summed E-state index contributed by atoms with van der Waals surface area (Å²) in [5.41, 5.74) is 0. The third-order valence-corrected chi connectivity index (χ3v) is 4.51. The molecule has 21 heavy (non-hydrogen) atoms. The highest BCUT2D eigenvalue weighted by atomic mass is 16.5. The molecule has 0 aliphatic carbocycles. The number of ether oxygens (including phenoxy) is 1. The van der Waals surface area contributed by atoms with E-state index in [4.69, 9.17) is 9.84 Å². The lowest BCUT2D eigenvalue weighted by atomic mass is 9.97. The van der Waals surface area contributed by atoms with Gasteiger partial charge in [0.15, 0.2) is 0 Å². The molecule has 2 aliphatic rings. The van der Waals surface area contributed by atoms with Gasteiger partial charge in [-0.05, 0) is 44.9 Å². The normalized spacial score (nSPS) is 24.1. The second-order valence-electron chi connectivity index (χ2n) is 6.16. The molecule has 2 saturated heterocycles. The average molecular weight is 298 g/mol. The van der Waals surface area contributed by atoms with E-state index in [1.807, 2.05) is 9.80 Å². The van der Waals surface area contributed by atoms with E-state index in [0.29, 0.717) is 18.6 Å². The minimum absolute atomic E-state index is 0.173. The van der Waals surface area contributed by atoms with Crippen LogP contribution in [0.5, 0.6) is 0 Å². The largest absolute Gasteiger partial charge is 0.480 e. The maximum atomic E-state index is 12.5. The van der Waals surface area contributed by atoms with Crippen molar-refractivity contribution in [3.05, 3.63) is 0 Å². The molecule has 1 N–H and O–H groups in total. The summed E-state index contributed by atoms with van der Waals surface area (Å²) in [6.45, 7) is 4.76. The van der Waals surface area contributed by atoms with Gasteiger partial charge >= 0.3 is 12.0 Å². The Balaban J connectivity index is 1.72. The first-order valence-electron chi connectivity index (χ1n) is 7.93. The Morgan fingerprint density at radius 2 is 1.86 bits per heavy atom. The van der Waals surface area contributed by atoms with Crippen LogP contribution in [0.4, 0.5) is 4.79 Å². The number of aliphatic carboxylic acids is 1. The molecular formula is C15H26N2O4. The first kappa shape index (κ1) is 16.1. The van der Waals surface area contributed by atoms with Crippen molar-refractivity contribution in [2.45, 2.75) is 45.1 Å². The minimum Gasteiger partial charge on any atom is -0.480 e. The first-order valence-corrected chi connectivity index (χ1v) is 7.93. The van der Waals surface area contributed by atoms with Crippen molar-refractivity contribution >= 4 is 12.0 Å². The van der Waals surface area contributed by atoms with Crippen LogP contribution in [-0.2, 0) is 9.53 Å². The van der Waals surface area contributed by atoms with Gasteiger partial charge in [0.2, 0.25) is 0 Å². The molecule has 2 aliphatic heterocycles. The number of urea groups is 1. The maximum absolute atomic E-state index is 12.5. The molecule has 0 aromatic heterocycles. The second kappa shape index (κ2) is 7.64. The number of piperidine rings is 2. The van der Waals surface area contributed by atoms with Gasteiger partial charge in [0.05, 0.1) is 6.61 Å². The SMILES string of the molecule is CC1CCCCN1C(=O)N1CCC(COCC(=O)O)CC1. The Hall–Kier alpha value is -1.30. The average Bonchev–Trinajstić information content (AvgIpc) is 2.47. The van der Waals surface area contributed by atoms with Crippen molar-refractivity contribution in [3.63, 3.8) is 0 Å². The molecule has 2 amide bonds. The number of carbonyl (C=O) groups excluding carboxylic acids is 1. The smallest absolute Gasteiger partial charge is 0.329 e. The summed E-state index contributed by atoms with van der Waals surface area (Å²) in [6, 6.07) is 0.523. The van der Waals surface area contributed by atoms with Gasteiger partial charge in [0, 0.05) is 25.7 Å². The number of carboxylic acid groups (broad SMARTS) is 1. The standard InChI is InChI=1S/C15H26N2O4/c1-12-4-2-3-7-17(12)15(20)16-8-5-13(6-9-16)10-21-11-14(18)19/h12-13H,2-11H2,1H3,(H,18,19). The number of nitrogens with zero attached hydrogens (tertiary/aromatic N) is 2. The molecule has 0 saturated carbocycles. The Kier molecular flexibility index (Phi) is 5.85. The van der Waals surface area contributed by atoms with Crippen molar-refractivity contribution in [2.75, 3.05) is 32.8 Å². The number of carbonyl (C=O) groups is 2. The van der Waals surface area contributed by atoms with Crippen molar-refractivity contribution in [1.82, 2.24) is 9.80 Å². The van der Waals surface area contributed by atoms with Crippen LogP contribution >= 0.6 is 0 Å². The van der Waals surface area contributed by atoms with Crippen molar-refractivity contribution in [1.29, 1.82) is 0 Å². The molecule has 0 radical (unpaired) electrons. The van der Waals surface area contributed by atoms with E-state index < -0.39 is 5.97 Å². The maximum Gasteiger partial charge on any atom is 0.329 e. The number of carboxylic acids is 1. The summed E-state index contributed by atoms with van der Waals surface area (Å²) in [5.74, 6) is -0.561. The van der Waals surface area contributed by atoms with Crippen LogP contribution in [-0.4, -0.2) is 65.8 Å². The summed E-state index contributed by atoms with van der Waals surface area (Å²) in [7, 11) is 0. The zero-order valence-corrected chi connectivity index (χ0v) is 12.8. The van der Waals surface area contributed by atoms with Gasteiger partial charge in [-0.1, -0.05) is 0 Å². The molecule has 0 spiro atoms. The van der Waals surface area contributed by atoms with Crippen LogP contribution in [0.25, 0.3) is 0 Å². The van der Waals surface area contributed by atoms with E-state index in [9.17, 15) is 9.59 Å². The minimum atomic E-state index is -0.929. The molecule has 2 heterocycles. The van der Waals surface area contributed by atoms with Crippen molar-refractivity contribution in [3.8, 4) is 0 Å². The number of hydrogen-bond donors (Lipinski definition) is 1. The van der Waals surface area contributed by atoms with Crippen molar-refractivity contribution < 1.29 is 19.4 Å². The van der Waals surface area contributed by atoms with E-state index in [1.165, 1.54) is 6.42 Å². The number of hydrogen-bond acceptors (Lipinski definition) is 3. The predicted octanol–water partition coefficient (Wildman–Crippen LogP) is 1.79. The van der Waals surface area contributed by atoms with Gasteiger partial charge in [-0.15, -0.1) is 0 Å². The fraction of sp³-hybridized carbons (Fsp3) is 0.867. The molecule has 0 aromatic rings. The monoisotopic (exact) mass is 298 g/mol. The Morgan fingerprint density at radius 1 is 1.14 bits per heavy atom. The van der Waals surface area contributed by atoms with Gasteiger partial charge < -0.3 is 19.6 Å². The van der Waals surface area contributed by atoms with Crippen LogP contribution in [0.2, 0.25) is 0 Å². The molecule has 2 fully saturated rings. The summed E-state index contributed by atoms with van der Waals surface area (Å²) in [6.07, 6.45) is 5.22. The molecule has 6 nitrogen and oxygen atoms in total. The van der Waals surface area contributed by atoms with Gasteiger partial charge in [-0.3, -0.25) is 0 Å². The second-order valence-corrected chi connectivity index (χ2v) is 6.16. The zero-order chi connectivity index (χ0) is 15.2. The quantitative estimate of drug-likeness (QED) is 0.859. The fourth-order valence-corrected chi connectivity index (χ4v) is 3.17. The topological polar surface area (TPSA) is 70.1 Å². The number of amides is 2. The first-order chi connectivity index (χ1) is 10.1. The molecule has 0 aromatic carbocycles. The highest BCUT2D eigenvalue weighted by Crippen LogP contribution is 2.22. The van der Waals surface area contributed by atoms with Crippen LogP contribution in [0.1, 0.15) is 39.0 Å². The van der Waals surface area contributed by atoms with E-state index in [1.54, 1.807) is 0 Å². The summed E-state index contributed by atoms with van der Waals surface area (Å²) in [5, 5.41) is 8.54. The number of rotatable bonds is 4. The van der Waals surface area contributed by atoms with Crippen molar-refractivity contribution in [2.24, 2.45) is 5.92 Å². The molecule has 6 heteroatoms. The molecular weight excluding hydrogens is 272 g/mol. The van der Waals surface area contributed by atoms with E-state index >= 15 is 0 Å². The number of likely N-dealkylation sites (tertiary alicyclic amines) is 2. The highest BCUT2D eigenvalue weighted by molar-refractivity contribution is 5.75. The Labute approximate surface area is 126 Å². The Bertz CT molecular complexity index is 367. The van der Waals surface area contributed by atoms with Gasteiger partial charge in [0.1, 0.15) is 6.61 Å². The van der Waals surface area contributed by atoms with Gasteiger partial charge in [-0.2, -0.15) is 0 Å². The summed E-state index contributed by atoms with van der Waals surface area (Å²) in [4.78, 5) is 26.9. The zero-order valence-electron chi connectivity index (χ0n) is 12.8. The highest BCUT2D eigenvalue weighted by Gasteiger charge is 2.30. The lowest BCUT2D eigenvalue weighted by Gasteiger charge is -2.40. The van der Waals surface area contributed by atoms with Crippen LogP contribution in [0, 0.1) is 5.92 Å². The van der Waals surface area contributed by atoms with Gasteiger partial charge in [0.25, 0.3) is 0 Å². The van der Waals surface area contributed by atoms with Gasteiger partial charge in [-0.25, -0.2) is 9.59 Å². The lowest BCUT2D eigenvalue weighted by molar-refractivity contribution is -0.142. The summed E-state index contributed by atoms with van der Waals surface area (Å²) >= 11 is 0. The van der Waals surface area contributed by atoms with E-state index in [0.717, 1.165) is 45.3 Å². The third kappa shape index (κ3) is 4.59. The van der Waals surface area contributed by atoms with Crippen LogP contribution in [0.3, 0.4) is 0 Å². The Morgan fingerprint density at radius 3 is 2.48 bits per heavy atom.